The average molecular weight is 348 g/mol. The summed E-state index contributed by atoms with van der Waals surface area (Å²) < 4.78 is 28.5. The Morgan fingerprint density at radius 3 is 2.96 bits per heavy atom. The average Bonchev–Trinajstić information content (AvgIpc) is 2.60. The van der Waals surface area contributed by atoms with E-state index in [9.17, 15) is 18.4 Å². The number of hydrogen-bond acceptors (Lipinski definition) is 4. The van der Waals surface area contributed by atoms with E-state index in [1.165, 1.54) is 16.7 Å². The first kappa shape index (κ1) is 17.1. The number of benzene rings is 1. The number of hydrogen-bond donors (Lipinski definition) is 1. The summed E-state index contributed by atoms with van der Waals surface area (Å²) in [7, 11) is 1.64. The van der Waals surface area contributed by atoms with Gasteiger partial charge >= 0.3 is 0 Å². The van der Waals surface area contributed by atoms with Gasteiger partial charge < -0.3 is 14.8 Å². The first-order valence-electron chi connectivity index (χ1n) is 7.99. The molecule has 1 aromatic carbocycles. The molecule has 1 saturated heterocycles. The molecule has 25 heavy (non-hydrogen) atoms. The highest BCUT2D eigenvalue weighted by Crippen LogP contribution is 2.16. The van der Waals surface area contributed by atoms with Crippen LogP contribution < -0.4 is 15.8 Å². The summed E-state index contributed by atoms with van der Waals surface area (Å²) in [6, 6.07) is 3.21. The number of anilines is 1. The summed E-state index contributed by atoms with van der Waals surface area (Å²) in [4.78, 5) is 30.3. The van der Waals surface area contributed by atoms with Crippen molar-refractivity contribution < 1.29 is 13.6 Å². The third kappa shape index (κ3) is 3.52. The van der Waals surface area contributed by atoms with Crippen LogP contribution in [0.15, 0.2) is 35.4 Å². The minimum absolute atomic E-state index is 0.217. The smallest absolute Gasteiger partial charge is 0.293 e. The van der Waals surface area contributed by atoms with Gasteiger partial charge in [0.25, 0.3) is 11.5 Å². The predicted molar refractivity (Wildman–Crippen MR) is 88.5 cm³/mol. The molecule has 132 valence electrons. The number of carbonyl (C=O) groups excluding carboxylic acids is 1. The molecule has 8 heteroatoms. The van der Waals surface area contributed by atoms with Crippen molar-refractivity contribution in [2.24, 2.45) is 7.05 Å². The van der Waals surface area contributed by atoms with Crippen molar-refractivity contribution in [3.05, 3.63) is 58.1 Å². The van der Waals surface area contributed by atoms with Crippen molar-refractivity contribution in [3.8, 4) is 0 Å². The summed E-state index contributed by atoms with van der Waals surface area (Å²) in [5, 5.41) is 2.71. The molecular weight excluding hydrogens is 330 g/mol. The number of nitrogens with zero attached hydrogens (tertiary/aromatic N) is 3. The molecule has 1 N–H and O–H groups in total. The lowest BCUT2D eigenvalue weighted by molar-refractivity contribution is 0.0928. The maximum absolute atomic E-state index is 13.7. The van der Waals surface area contributed by atoms with Gasteiger partial charge in [-0.15, -0.1) is 0 Å². The molecule has 3 rings (SSSR count). The standard InChI is InChI=1S/C17H18F2N4O2/c1-22-9-7-20-15(17(22)25)23-8-3-4-11(10-23)21-16(24)12-5-2-6-13(18)14(12)19/h2,5-7,9,11H,3-4,8,10H2,1H3,(H,21,24). The molecule has 1 unspecified atom stereocenters. The highest BCUT2D eigenvalue weighted by atomic mass is 19.2. The highest BCUT2D eigenvalue weighted by Gasteiger charge is 2.25. The zero-order valence-electron chi connectivity index (χ0n) is 13.7. The summed E-state index contributed by atoms with van der Waals surface area (Å²) in [6.07, 6.45) is 4.55. The van der Waals surface area contributed by atoms with Gasteiger partial charge in [-0.25, -0.2) is 13.8 Å². The number of aromatic nitrogens is 2. The molecule has 1 atom stereocenters. The Balaban J connectivity index is 1.74. The molecule has 0 bridgehead atoms. The van der Waals surface area contributed by atoms with Crippen LogP contribution in [0.1, 0.15) is 23.2 Å². The first-order valence-corrected chi connectivity index (χ1v) is 7.99. The Bertz CT molecular complexity index is 853. The molecule has 1 fully saturated rings. The second-order valence-corrected chi connectivity index (χ2v) is 6.03. The minimum atomic E-state index is -1.16. The van der Waals surface area contributed by atoms with E-state index in [-0.39, 0.29) is 17.2 Å². The molecule has 0 saturated carbocycles. The predicted octanol–water partition coefficient (Wildman–Crippen LogP) is 1.46. The van der Waals surface area contributed by atoms with E-state index in [0.29, 0.717) is 25.3 Å². The van der Waals surface area contributed by atoms with Crippen LogP contribution in [0.25, 0.3) is 0 Å². The molecule has 1 aromatic heterocycles. The van der Waals surface area contributed by atoms with Crippen molar-refractivity contribution in [1.29, 1.82) is 0 Å². The van der Waals surface area contributed by atoms with Crippen molar-refractivity contribution in [2.75, 3.05) is 18.0 Å². The molecule has 1 amide bonds. The molecule has 1 aliphatic heterocycles. The van der Waals surface area contributed by atoms with E-state index in [0.717, 1.165) is 12.5 Å². The normalized spacial score (nSPS) is 17.4. The van der Waals surface area contributed by atoms with Crippen LogP contribution in [0, 0.1) is 11.6 Å². The fourth-order valence-corrected chi connectivity index (χ4v) is 2.93. The number of rotatable bonds is 3. The van der Waals surface area contributed by atoms with Crippen LogP contribution in [0.3, 0.4) is 0 Å². The minimum Gasteiger partial charge on any atom is -0.350 e. The molecule has 0 spiro atoms. The van der Waals surface area contributed by atoms with Gasteiger partial charge in [0.1, 0.15) is 0 Å². The highest BCUT2D eigenvalue weighted by molar-refractivity contribution is 5.94. The Morgan fingerprint density at radius 1 is 1.36 bits per heavy atom. The quantitative estimate of drug-likeness (QED) is 0.912. The largest absolute Gasteiger partial charge is 0.350 e. The molecule has 6 nitrogen and oxygen atoms in total. The van der Waals surface area contributed by atoms with Crippen LogP contribution in [-0.4, -0.2) is 34.6 Å². The number of piperidine rings is 1. The third-order valence-electron chi connectivity index (χ3n) is 4.25. The number of nitrogens with one attached hydrogen (secondary N) is 1. The van der Waals surface area contributed by atoms with Crippen LogP contribution >= 0.6 is 0 Å². The number of aryl methyl sites for hydroxylation is 1. The molecule has 0 aliphatic carbocycles. The van der Waals surface area contributed by atoms with E-state index >= 15 is 0 Å². The maximum Gasteiger partial charge on any atom is 0.293 e. The fourth-order valence-electron chi connectivity index (χ4n) is 2.93. The lowest BCUT2D eigenvalue weighted by Crippen LogP contribution is -2.49. The van der Waals surface area contributed by atoms with Crippen molar-refractivity contribution in [1.82, 2.24) is 14.9 Å². The Kier molecular flexibility index (Phi) is 4.78. The molecule has 2 heterocycles. The Morgan fingerprint density at radius 2 is 2.16 bits per heavy atom. The van der Waals surface area contributed by atoms with Crippen molar-refractivity contribution in [2.45, 2.75) is 18.9 Å². The van der Waals surface area contributed by atoms with Gasteiger partial charge in [0.05, 0.1) is 5.56 Å². The zero-order valence-corrected chi connectivity index (χ0v) is 13.7. The van der Waals surface area contributed by atoms with Crippen LogP contribution in [0.2, 0.25) is 0 Å². The fraction of sp³-hybridized carbons (Fsp3) is 0.353. The topological polar surface area (TPSA) is 67.2 Å². The van der Waals surface area contributed by atoms with Gasteiger partial charge in [-0.2, -0.15) is 0 Å². The SMILES string of the molecule is Cn1ccnc(N2CCCC(NC(=O)c3cccc(F)c3F)C2)c1=O. The van der Waals surface area contributed by atoms with Gasteiger partial charge in [-0.1, -0.05) is 6.07 Å². The van der Waals surface area contributed by atoms with Gasteiger partial charge in [0.15, 0.2) is 17.5 Å². The summed E-state index contributed by atoms with van der Waals surface area (Å²) in [6.45, 7) is 1.03. The van der Waals surface area contributed by atoms with E-state index in [4.69, 9.17) is 0 Å². The second kappa shape index (κ2) is 7.00. The molecule has 1 aliphatic rings. The second-order valence-electron chi connectivity index (χ2n) is 6.03. The van der Waals surface area contributed by atoms with E-state index in [1.807, 2.05) is 0 Å². The lowest BCUT2D eigenvalue weighted by atomic mass is 10.0. The van der Waals surface area contributed by atoms with Gasteiger partial charge in [0.2, 0.25) is 0 Å². The zero-order chi connectivity index (χ0) is 18.0. The Hall–Kier alpha value is -2.77. The van der Waals surface area contributed by atoms with E-state index in [1.54, 1.807) is 24.3 Å². The lowest BCUT2D eigenvalue weighted by Gasteiger charge is -2.33. The summed E-state index contributed by atoms with van der Waals surface area (Å²) >= 11 is 0. The molecule has 0 radical (unpaired) electrons. The van der Waals surface area contributed by atoms with Crippen LogP contribution in [-0.2, 0) is 7.05 Å². The summed E-state index contributed by atoms with van der Waals surface area (Å²) in [5.41, 5.74) is -0.545. The number of halogens is 2. The van der Waals surface area contributed by atoms with E-state index in [2.05, 4.69) is 10.3 Å². The van der Waals surface area contributed by atoms with Crippen molar-refractivity contribution in [3.63, 3.8) is 0 Å². The van der Waals surface area contributed by atoms with Crippen molar-refractivity contribution >= 4 is 11.7 Å². The van der Waals surface area contributed by atoms with Crippen LogP contribution in [0.4, 0.5) is 14.6 Å². The molecular formula is C17H18F2N4O2. The number of amides is 1. The third-order valence-corrected chi connectivity index (χ3v) is 4.25. The van der Waals surface area contributed by atoms with Gasteiger partial charge in [0, 0.05) is 38.6 Å². The summed E-state index contributed by atoms with van der Waals surface area (Å²) in [5.74, 6) is -2.57. The Labute approximate surface area is 143 Å². The maximum atomic E-state index is 13.7. The molecule has 2 aromatic rings. The number of carbonyl (C=O) groups is 1. The first-order chi connectivity index (χ1) is 12.0. The monoisotopic (exact) mass is 348 g/mol. The van der Waals surface area contributed by atoms with E-state index < -0.39 is 17.5 Å². The van der Waals surface area contributed by atoms with Crippen LogP contribution in [0.5, 0.6) is 0 Å². The van der Waals surface area contributed by atoms with Gasteiger partial charge in [-0.3, -0.25) is 9.59 Å². The van der Waals surface area contributed by atoms with Gasteiger partial charge in [-0.05, 0) is 25.0 Å².